The third-order valence-corrected chi connectivity index (χ3v) is 4.59. The van der Waals surface area contributed by atoms with E-state index in [0.29, 0.717) is 22.8 Å². The summed E-state index contributed by atoms with van der Waals surface area (Å²) in [6, 6.07) is 5.53. The molecule has 1 N–H and O–H groups in total. The number of nitrogens with zero attached hydrogens (tertiary/aromatic N) is 3. The number of carbonyl (C=O) groups excluding carboxylic acids is 1. The van der Waals surface area contributed by atoms with Crippen LogP contribution in [0.3, 0.4) is 0 Å². The summed E-state index contributed by atoms with van der Waals surface area (Å²) in [5, 5.41) is 8.47. The highest BCUT2D eigenvalue weighted by atomic mass is 32.1. The highest BCUT2D eigenvalue weighted by molar-refractivity contribution is 7.12. The van der Waals surface area contributed by atoms with Crippen LogP contribution in [0.5, 0.6) is 0 Å². The third kappa shape index (κ3) is 2.91. The Kier molecular flexibility index (Phi) is 4.10. The minimum Gasteiger partial charge on any atom is -0.463 e. The molecule has 0 aliphatic rings. The van der Waals surface area contributed by atoms with Crippen molar-refractivity contribution in [2.45, 2.75) is 6.92 Å². The van der Waals surface area contributed by atoms with Gasteiger partial charge < -0.3 is 9.72 Å². The van der Waals surface area contributed by atoms with Crippen LogP contribution in [0.25, 0.3) is 33.0 Å². The summed E-state index contributed by atoms with van der Waals surface area (Å²) in [5.41, 5.74) is 1.62. The monoisotopic (exact) mass is 366 g/mol. The molecule has 0 bridgehead atoms. The Morgan fingerprint density at radius 1 is 1.38 bits per heavy atom. The van der Waals surface area contributed by atoms with Gasteiger partial charge in [-0.05, 0) is 30.7 Å². The fraction of sp³-hybridized carbons (Fsp3) is 0.111. The number of hydrogen-bond donors (Lipinski definition) is 1. The predicted molar refractivity (Wildman–Crippen MR) is 101 cm³/mol. The van der Waals surface area contributed by atoms with Gasteiger partial charge in [0.2, 0.25) is 5.13 Å². The number of pyridine rings is 1. The van der Waals surface area contributed by atoms with E-state index in [9.17, 15) is 9.59 Å². The molecule has 130 valence electrons. The number of esters is 1. The second-order valence-corrected chi connectivity index (χ2v) is 6.37. The molecule has 4 rings (SSSR count). The summed E-state index contributed by atoms with van der Waals surface area (Å²) in [4.78, 5) is 30.9. The molecule has 8 heteroatoms. The van der Waals surface area contributed by atoms with Crippen LogP contribution in [0, 0.1) is 0 Å². The summed E-state index contributed by atoms with van der Waals surface area (Å²) < 4.78 is 6.49. The SMILES string of the molecule is CCOC(=O)/C=C/c1ccc2[nH]c(=O)c3nn(-c4nccs4)cc3c2c1. The van der Waals surface area contributed by atoms with Crippen LogP contribution >= 0.6 is 11.3 Å². The summed E-state index contributed by atoms with van der Waals surface area (Å²) in [6.07, 6.45) is 6.55. The van der Waals surface area contributed by atoms with Crippen LogP contribution in [-0.2, 0) is 9.53 Å². The lowest BCUT2D eigenvalue weighted by Crippen LogP contribution is -2.06. The number of hydrogen-bond acceptors (Lipinski definition) is 6. The number of aromatic amines is 1. The molecular weight excluding hydrogens is 352 g/mol. The van der Waals surface area contributed by atoms with Gasteiger partial charge in [0.25, 0.3) is 5.56 Å². The number of ether oxygens (including phenoxy) is 1. The molecule has 0 aliphatic carbocycles. The number of benzene rings is 1. The van der Waals surface area contributed by atoms with E-state index in [-0.39, 0.29) is 5.56 Å². The number of rotatable bonds is 4. The van der Waals surface area contributed by atoms with Gasteiger partial charge in [-0.15, -0.1) is 11.3 Å². The number of thiazole rings is 1. The molecule has 0 atom stereocenters. The second-order valence-electron chi connectivity index (χ2n) is 5.50. The van der Waals surface area contributed by atoms with E-state index in [1.54, 1.807) is 30.1 Å². The summed E-state index contributed by atoms with van der Waals surface area (Å²) >= 11 is 1.44. The Hall–Kier alpha value is -3.26. The Morgan fingerprint density at radius 3 is 3.04 bits per heavy atom. The van der Waals surface area contributed by atoms with E-state index in [4.69, 9.17) is 4.74 Å². The predicted octanol–water partition coefficient (Wildman–Crippen LogP) is 2.90. The zero-order valence-corrected chi connectivity index (χ0v) is 14.6. The molecular formula is C18H14N4O3S. The van der Waals surface area contributed by atoms with E-state index in [1.165, 1.54) is 17.4 Å². The zero-order valence-electron chi connectivity index (χ0n) is 13.8. The molecule has 4 aromatic rings. The Bertz CT molecular complexity index is 1190. The van der Waals surface area contributed by atoms with Crippen molar-refractivity contribution in [1.29, 1.82) is 0 Å². The zero-order chi connectivity index (χ0) is 18.1. The summed E-state index contributed by atoms with van der Waals surface area (Å²) in [5.74, 6) is -0.393. The number of nitrogens with one attached hydrogen (secondary N) is 1. The van der Waals surface area contributed by atoms with E-state index < -0.39 is 5.97 Å². The molecule has 7 nitrogen and oxygen atoms in total. The second kappa shape index (κ2) is 6.57. The largest absolute Gasteiger partial charge is 0.463 e. The van der Waals surface area contributed by atoms with Crippen molar-refractivity contribution in [2.75, 3.05) is 6.61 Å². The lowest BCUT2D eigenvalue weighted by atomic mass is 10.1. The molecule has 0 radical (unpaired) electrons. The minimum absolute atomic E-state index is 0.252. The Morgan fingerprint density at radius 2 is 2.27 bits per heavy atom. The third-order valence-electron chi connectivity index (χ3n) is 3.83. The van der Waals surface area contributed by atoms with E-state index in [1.807, 2.05) is 23.6 Å². The van der Waals surface area contributed by atoms with Gasteiger partial charge >= 0.3 is 5.97 Å². The van der Waals surface area contributed by atoms with E-state index in [2.05, 4.69) is 15.1 Å². The number of carbonyl (C=O) groups is 1. The maximum absolute atomic E-state index is 12.3. The first kappa shape index (κ1) is 16.2. The minimum atomic E-state index is -0.393. The molecule has 3 heterocycles. The van der Waals surface area contributed by atoms with Gasteiger partial charge in [-0.25, -0.2) is 14.5 Å². The molecule has 0 amide bonds. The van der Waals surface area contributed by atoms with Gasteiger partial charge in [0.05, 0.1) is 6.61 Å². The topological polar surface area (TPSA) is 89.9 Å². The molecule has 0 spiro atoms. The highest BCUT2D eigenvalue weighted by Gasteiger charge is 2.12. The normalized spacial score (nSPS) is 11.6. The first-order valence-corrected chi connectivity index (χ1v) is 8.84. The van der Waals surface area contributed by atoms with Crippen LogP contribution in [-0.4, -0.2) is 32.3 Å². The van der Waals surface area contributed by atoms with Crippen molar-refractivity contribution in [1.82, 2.24) is 19.7 Å². The average Bonchev–Trinajstić information content (AvgIpc) is 3.30. The van der Waals surface area contributed by atoms with Gasteiger partial charge in [0.15, 0.2) is 5.52 Å². The van der Waals surface area contributed by atoms with Gasteiger partial charge in [0, 0.05) is 40.1 Å². The average molecular weight is 366 g/mol. The summed E-state index contributed by atoms with van der Waals surface area (Å²) in [6.45, 7) is 2.09. The number of fused-ring (bicyclic) bond motifs is 3. The smallest absolute Gasteiger partial charge is 0.330 e. The lowest BCUT2D eigenvalue weighted by molar-refractivity contribution is -0.137. The van der Waals surface area contributed by atoms with Crippen molar-refractivity contribution in [3.8, 4) is 5.13 Å². The van der Waals surface area contributed by atoms with Crippen LogP contribution in [0.2, 0.25) is 0 Å². The van der Waals surface area contributed by atoms with Crippen molar-refractivity contribution in [3.05, 3.63) is 58.0 Å². The number of aromatic nitrogens is 4. The highest BCUT2D eigenvalue weighted by Crippen LogP contribution is 2.24. The van der Waals surface area contributed by atoms with Crippen LogP contribution in [0.1, 0.15) is 12.5 Å². The molecule has 1 aromatic carbocycles. The standard InChI is InChI=1S/C18H14N4O3S/c1-2-25-15(23)6-4-11-3-5-14-12(9-11)13-10-22(18-19-7-8-26-18)21-16(13)17(24)20-14/h3-10H,2H2,1H3,(H,20,24)/b6-4+. The molecule has 0 saturated heterocycles. The quantitative estimate of drug-likeness (QED) is 0.443. The molecule has 0 unspecified atom stereocenters. The van der Waals surface area contributed by atoms with Gasteiger partial charge in [-0.3, -0.25) is 4.79 Å². The number of H-pyrrole nitrogens is 1. The Labute approximate surface area is 151 Å². The van der Waals surface area contributed by atoms with Crippen molar-refractivity contribution in [2.24, 2.45) is 0 Å². The van der Waals surface area contributed by atoms with Crippen molar-refractivity contribution >= 4 is 45.2 Å². The van der Waals surface area contributed by atoms with Gasteiger partial charge in [-0.2, -0.15) is 5.10 Å². The van der Waals surface area contributed by atoms with Crippen LogP contribution < -0.4 is 5.56 Å². The molecule has 26 heavy (non-hydrogen) atoms. The fourth-order valence-electron chi connectivity index (χ4n) is 2.70. The van der Waals surface area contributed by atoms with E-state index in [0.717, 1.165) is 16.3 Å². The fourth-order valence-corrected chi connectivity index (χ4v) is 3.27. The molecule has 0 saturated carbocycles. The van der Waals surface area contributed by atoms with Crippen molar-refractivity contribution in [3.63, 3.8) is 0 Å². The van der Waals surface area contributed by atoms with Crippen LogP contribution in [0.4, 0.5) is 0 Å². The van der Waals surface area contributed by atoms with Crippen molar-refractivity contribution < 1.29 is 9.53 Å². The van der Waals surface area contributed by atoms with E-state index >= 15 is 0 Å². The summed E-state index contributed by atoms with van der Waals surface area (Å²) in [7, 11) is 0. The molecule has 0 aliphatic heterocycles. The molecule has 3 aromatic heterocycles. The Balaban J connectivity index is 1.85. The van der Waals surface area contributed by atoms with Gasteiger partial charge in [0.1, 0.15) is 0 Å². The lowest BCUT2D eigenvalue weighted by Gasteiger charge is -2.01. The van der Waals surface area contributed by atoms with Gasteiger partial charge in [-0.1, -0.05) is 6.07 Å². The maximum atomic E-state index is 12.3. The van der Waals surface area contributed by atoms with Crippen LogP contribution in [0.15, 0.2) is 46.8 Å². The first-order valence-electron chi connectivity index (χ1n) is 7.96. The molecule has 0 fully saturated rings. The first-order chi connectivity index (χ1) is 12.7. The maximum Gasteiger partial charge on any atom is 0.330 e.